The van der Waals surface area contributed by atoms with E-state index in [1.54, 1.807) is 18.5 Å². The number of carbonyl (C=O) groups is 1. The zero-order valence-electron chi connectivity index (χ0n) is 12.7. The lowest BCUT2D eigenvalue weighted by Gasteiger charge is -2.24. The number of amides is 1. The zero-order chi connectivity index (χ0) is 15.9. The summed E-state index contributed by atoms with van der Waals surface area (Å²) in [6, 6.07) is 3.64. The molecule has 1 fully saturated rings. The number of tetrazole rings is 1. The van der Waals surface area contributed by atoms with Gasteiger partial charge in [-0.1, -0.05) is 11.2 Å². The first-order valence-electron chi connectivity index (χ1n) is 7.56. The van der Waals surface area contributed by atoms with Gasteiger partial charge in [0.1, 0.15) is 6.54 Å². The average molecular weight is 314 g/mol. The first kappa shape index (κ1) is 15.1. The first-order valence-corrected chi connectivity index (χ1v) is 7.56. The highest BCUT2D eigenvalue weighted by atomic mass is 16.2. The summed E-state index contributed by atoms with van der Waals surface area (Å²) < 4.78 is 0. The summed E-state index contributed by atoms with van der Waals surface area (Å²) in [5.41, 5.74) is 3.23. The van der Waals surface area contributed by atoms with Crippen LogP contribution in [-0.4, -0.2) is 50.4 Å². The fourth-order valence-corrected chi connectivity index (χ4v) is 2.32. The van der Waals surface area contributed by atoms with E-state index in [9.17, 15) is 4.79 Å². The van der Waals surface area contributed by atoms with E-state index in [0.29, 0.717) is 5.95 Å². The number of nitrogens with zero attached hydrogens (tertiary/aromatic N) is 7. The fraction of sp³-hybridized carbons (Fsp3) is 0.429. The zero-order valence-corrected chi connectivity index (χ0v) is 12.7. The molecule has 0 aliphatic carbocycles. The Hall–Kier alpha value is -2.84. The Morgan fingerprint density at radius 2 is 2.22 bits per heavy atom. The number of aromatic nitrogens is 5. The standard InChI is InChI=1S/C14H18N8O/c23-13(17-16-10-12-5-4-6-15-9-12)11-22-19-14(18-20-22)21-7-2-1-3-8-21/h4-6,9-10H,1-3,7-8,11H2,(H,17,23)/b16-10+. The molecule has 23 heavy (non-hydrogen) atoms. The second-order valence-electron chi connectivity index (χ2n) is 5.25. The van der Waals surface area contributed by atoms with Gasteiger partial charge in [-0.3, -0.25) is 9.78 Å². The van der Waals surface area contributed by atoms with Gasteiger partial charge in [-0.05, 0) is 30.5 Å². The number of piperidine rings is 1. The van der Waals surface area contributed by atoms with E-state index < -0.39 is 0 Å². The summed E-state index contributed by atoms with van der Waals surface area (Å²) in [4.78, 5) is 19.1. The van der Waals surface area contributed by atoms with Crippen LogP contribution in [0.1, 0.15) is 24.8 Å². The molecule has 9 heteroatoms. The second kappa shape index (κ2) is 7.43. The lowest BCUT2D eigenvalue weighted by molar-refractivity contribution is -0.122. The van der Waals surface area contributed by atoms with Crippen molar-refractivity contribution in [1.82, 2.24) is 30.6 Å². The molecule has 0 radical (unpaired) electrons. The normalized spacial score (nSPS) is 15.0. The number of hydrazone groups is 1. The van der Waals surface area contributed by atoms with Crippen molar-refractivity contribution in [2.24, 2.45) is 5.10 Å². The second-order valence-corrected chi connectivity index (χ2v) is 5.25. The predicted octanol–water partition coefficient (Wildman–Crippen LogP) is 0.209. The lowest BCUT2D eigenvalue weighted by Crippen LogP contribution is -2.30. The molecule has 2 aromatic heterocycles. The number of anilines is 1. The average Bonchev–Trinajstić information content (AvgIpc) is 3.05. The van der Waals surface area contributed by atoms with Crippen molar-refractivity contribution in [2.75, 3.05) is 18.0 Å². The molecule has 1 aliphatic rings. The minimum absolute atomic E-state index is 0.0226. The Kier molecular flexibility index (Phi) is 4.87. The summed E-state index contributed by atoms with van der Waals surface area (Å²) in [5.74, 6) is 0.268. The highest BCUT2D eigenvalue weighted by Crippen LogP contribution is 2.13. The maximum Gasteiger partial charge on any atom is 0.266 e. The Morgan fingerprint density at radius 3 is 3.00 bits per heavy atom. The van der Waals surface area contributed by atoms with Crippen LogP contribution in [0.5, 0.6) is 0 Å². The molecule has 9 nitrogen and oxygen atoms in total. The van der Waals surface area contributed by atoms with Gasteiger partial charge < -0.3 is 4.90 Å². The summed E-state index contributed by atoms with van der Waals surface area (Å²) in [6.45, 7) is 1.85. The van der Waals surface area contributed by atoms with E-state index in [4.69, 9.17) is 0 Å². The molecule has 1 saturated heterocycles. The van der Waals surface area contributed by atoms with Crippen LogP contribution in [0, 0.1) is 0 Å². The van der Waals surface area contributed by atoms with Gasteiger partial charge >= 0.3 is 0 Å². The Labute approximate surface area is 133 Å². The monoisotopic (exact) mass is 314 g/mol. The molecule has 0 atom stereocenters. The molecule has 1 amide bonds. The summed E-state index contributed by atoms with van der Waals surface area (Å²) in [6.07, 6.45) is 8.36. The van der Waals surface area contributed by atoms with Gasteiger partial charge in [0.15, 0.2) is 0 Å². The van der Waals surface area contributed by atoms with E-state index in [0.717, 1.165) is 31.5 Å². The molecule has 0 aromatic carbocycles. The smallest absolute Gasteiger partial charge is 0.266 e. The van der Waals surface area contributed by atoms with Crippen molar-refractivity contribution in [3.05, 3.63) is 30.1 Å². The fourth-order valence-electron chi connectivity index (χ4n) is 2.32. The largest absolute Gasteiger partial charge is 0.338 e. The summed E-state index contributed by atoms with van der Waals surface area (Å²) >= 11 is 0. The lowest BCUT2D eigenvalue weighted by atomic mass is 10.1. The van der Waals surface area contributed by atoms with Crippen LogP contribution < -0.4 is 10.3 Å². The van der Waals surface area contributed by atoms with Crippen molar-refractivity contribution >= 4 is 18.1 Å². The Balaban J connectivity index is 1.50. The van der Waals surface area contributed by atoms with Gasteiger partial charge in [0, 0.05) is 31.0 Å². The van der Waals surface area contributed by atoms with E-state index in [2.05, 4.69) is 35.8 Å². The van der Waals surface area contributed by atoms with Crippen molar-refractivity contribution < 1.29 is 4.79 Å². The van der Waals surface area contributed by atoms with Gasteiger partial charge in [-0.25, -0.2) is 5.43 Å². The molecule has 2 aromatic rings. The van der Waals surface area contributed by atoms with Crippen LogP contribution in [-0.2, 0) is 11.3 Å². The maximum atomic E-state index is 11.8. The molecule has 1 N–H and O–H groups in total. The van der Waals surface area contributed by atoms with Gasteiger partial charge in [0.25, 0.3) is 11.9 Å². The molecule has 3 rings (SSSR count). The molecular formula is C14H18N8O. The number of hydrogen-bond acceptors (Lipinski definition) is 7. The molecule has 0 bridgehead atoms. The summed E-state index contributed by atoms with van der Waals surface area (Å²) in [5, 5.41) is 16.0. The molecular weight excluding hydrogens is 296 g/mol. The van der Waals surface area contributed by atoms with Gasteiger partial charge in [0.2, 0.25) is 0 Å². The van der Waals surface area contributed by atoms with Gasteiger partial charge in [-0.2, -0.15) is 9.90 Å². The first-order chi connectivity index (χ1) is 11.3. The van der Waals surface area contributed by atoms with Gasteiger partial charge in [0.05, 0.1) is 6.21 Å². The van der Waals surface area contributed by atoms with Crippen LogP contribution in [0.15, 0.2) is 29.6 Å². The maximum absolute atomic E-state index is 11.8. The van der Waals surface area contributed by atoms with E-state index in [1.807, 2.05) is 6.07 Å². The Morgan fingerprint density at radius 1 is 1.35 bits per heavy atom. The SMILES string of the molecule is O=C(Cn1nnc(N2CCCCC2)n1)N/N=C/c1cccnc1. The van der Waals surface area contributed by atoms with Gasteiger partial charge in [-0.15, -0.1) is 5.10 Å². The van der Waals surface area contributed by atoms with Crippen LogP contribution in [0.3, 0.4) is 0 Å². The van der Waals surface area contributed by atoms with Crippen LogP contribution in [0.25, 0.3) is 0 Å². The van der Waals surface area contributed by atoms with Crippen molar-refractivity contribution in [2.45, 2.75) is 25.8 Å². The molecule has 0 saturated carbocycles. The Bertz CT molecular complexity index is 662. The van der Waals surface area contributed by atoms with Crippen molar-refractivity contribution in [3.8, 4) is 0 Å². The minimum atomic E-state index is -0.312. The molecule has 1 aliphatic heterocycles. The quantitative estimate of drug-likeness (QED) is 0.625. The number of rotatable bonds is 5. The molecule has 0 unspecified atom stereocenters. The third-order valence-corrected chi connectivity index (χ3v) is 3.45. The number of pyridine rings is 1. The topological polar surface area (TPSA) is 101 Å². The van der Waals surface area contributed by atoms with Crippen molar-refractivity contribution in [3.63, 3.8) is 0 Å². The van der Waals surface area contributed by atoms with E-state index >= 15 is 0 Å². The predicted molar refractivity (Wildman–Crippen MR) is 83.9 cm³/mol. The van der Waals surface area contributed by atoms with Crippen LogP contribution >= 0.6 is 0 Å². The minimum Gasteiger partial charge on any atom is -0.338 e. The van der Waals surface area contributed by atoms with E-state index in [1.165, 1.54) is 17.4 Å². The highest BCUT2D eigenvalue weighted by Gasteiger charge is 2.16. The van der Waals surface area contributed by atoms with Crippen LogP contribution in [0.2, 0.25) is 0 Å². The van der Waals surface area contributed by atoms with Crippen LogP contribution in [0.4, 0.5) is 5.95 Å². The summed E-state index contributed by atoms with van der Waals surface area (Å²) in [7, 11) is 0. The third kappa shape index (κ3) is 4.31. The highest BCUT2D eigenvalue weighted by molar-refractivity contribution is 5.81. The molecule has 0 spiro atoms. The van der Waals surface area contributed by atoms with E-state index in [-0.39, 0.29) is 12.5 Å². The van der Waals surface area contributed by atoms with Crippen molar-refractivity contribution in [1.29, 1.82) is 0 Å². The number of nitrogens with one attached hydrogen (secondary N) is 1. The molecule has 3 heterocycles. The number of hydrogen-bond donors (Lipinski definition) is 1. The number of carbonyl (C=O) groups excluding carboxylic acids is 1. The third-order valence-electron chi connectivity index (χ3n) is 3.45. The molecule has 120 valence electrons.